The lowest BCUT2D eigenvalue weighted by Crippen LogP contribution is -2.13. The van der Waals surface area contributed by atoms with E-state index in [9.17, 15) is 0 Å². The molecule has 1 aromatic carbocycles. The number of benzene rings is 1. The molecule has 0 N–H and O–H groups in total. The fourth-order valence-electron chi connectivity index (χ4n) is 2.49. The second kappa shape index (κ2) is 7.66. The van der Waals surface area contributed by atoms with Crippen LogP contribution in [0.25, 0.3) is 0 Å². The van der Waals surface area contributed by atoms with Crippen LogP contribution in [0.3, 0.4) is 0 Å². The molecule has 0 fully saturated rings. The molecule has 0 amide bonds. The number of aromatic nitrogens is 2. The Labute approximate surface area is 144 Å². The number of halogens is 3. The predicted molar refractivity (Wildman–Crippen MR) is 93.4 cm³/mol. The largest absolute Gasteiger partial charge is 0.271 e. The molecular formula is C16H19BrCl2N2. The highest BCUT2D eigenvalue weighted by Crippen LogP contribution is 2.26. The SMILES string of the molecule is CCc1nn(C)c(CC(CCl)Cc2cccc(Cl)c2)c1Br. The van der Waals surface area contributed by atoms with Crippen molar-refractivity contribution >= 4 is 39.1 Å². The quantitative estimate of drug-likeness (QED) is 0.633. The molecule has 114 valence electrons. The van der Waals surface area contributed by atoms with E-state index in [1.165, 1.54) is 11.3 Å². The molecule has 2 rings (SSSR count). The fraction of sp³-hybridized carbons (Fsp3) is 0.438. The third-order valence-corrected chi connectivity index (χ3v) is 5.20. The maximum Gasteiger partial charge on any atom is 0.0766 e. The van der Waals surface area contributed by atoms with Gasteiger partial charge < -0.3 is 0 Å². The molecule has 0 aliphatic rings. The summed E-state index contributed by atoms with van der Waals surface area (Å²) in [5, 5.41) is 5.32. The Kier molecular flexibility index (Phi) is 6.15. The second-order valence-electron chi connectivity index (χ2n) is 5.24. The molecule has 2 aromatic rings. The van der Waals surface area contributed by atoms with E-state index in [1.54, 1.807) is 0 Å². The smallest absolute Gasteiger partial charge is 0.0766 e. The highest BCUT2D eigenvalue weighted by molar-refractivity contribution is 9.10. The minimum Gasteiger partial charge on any atom is -0.271 e. The molecule has 0 saturated heterocycles. The molecule has 0 spiro atoms. The van der Waals surface area contributed by atoms with E-state index in [4.69, 9.17) is 23.2 Å². The molecule has 0 aliphatic heterocycles. The van der Waals surface area contributed by atoms with E-state index in [0.29, 0.717) is 11.8 Å². The monoisotopic (exact) mass is 388 g/mol. The Morgan fingerprint density at radius 1 is 1.33 bits per heavy atom. The van der Waals surface area contributed by atoms with Gasteiger partial charge in [-0.05, 0) is 58.8 Å². The van der Waals surface area contributed by atoms with Crippen LogP contribution in [0.5, 0.6) is 0 Å². The number of aryl methyl sites for hydroxylation is 2. The molecule has 0 radical (unpaired) electrons. The van der Waals surface area contributed by atoms with Gasteiger partial charge >= 0.3 is 0 Å². The van der Waals surface area contributed by atoms with Gasteiger partial charge in [0.1, 0.15) is 0 Å². The second-order valence-corrected chi connectivity index (χ2v) is 6.78. The standard InChI is InChI=1S/C16H19BrCl2N2/c1-3-14-16(17)15(21(2)20-14)9-12(10-18)7-11-5-4-6-13(19)8-11/h4-6,8,12H,3,7,9-10H2,1-2H3. The summed E-state index contributed by atoms with van der Waals surface area (Å²) < 4.78 is 3.08. The average molecular weight is 390 g/mol. The topological polar surface area (TPSA) is 17.8 Å². The van der Waals surface area contributed by atoms with Gasteiger partial charge in [0, 0.05) is 18.0 Å². The van der Waals surface area contributed by atoms with Crippen molar-refractivity contribution in [2.24, 2.45) is 13.0 Å². The van der Waals surface area contributed by atoms with Gasteiger partial charge in [-0.3, -0.25) is 4.68 Å². The molecule has 2 nitrogen and oxygen atoms in total. The van der Waals surface area contributed by atoms with Crippen molar-refractivity contribution in [1.82, 2.24) is 9.78 Å². The lowest BCUT2D eigenvalue weighted by atomic mass is 9.96. The first kappa shape index (κ1) is 16.9. The van der Waals surface area contributed by atoms with Gasteiger partial charge in [0.25, 0.3) is 0 Å². The van der Waals surface area contributed by atoms with Gasteiger partial charge in [-0.2, -0.15) is 5.10 Å². The zero-order chi connectivity index (χ0) is 15.4. The minimum atomic E-state index is 0.363. The maximum atomic E-state index is 6.17. The van der Waals surface area contributed by atoms with Gasteiger partial charge in [-0.15, -0.1) is 11.6 Å². The van der Waals surface area contributed by atoms with Crippen LogP contribution in [0, 0.1) is 5.92 Å². The first-order valence-corrected chi connectivity index (χ1v) is 8.76. The summed E-state index contributed by atoms with van der Waals surface area (Å²) in [7, 11) is 1.99. The van der Waals surface area contributed by atoms with Crippen LogP contribution in [0.4, 0.5) is 0 Å². The summed E-state index contributed by atoms with van der Waals surface area (Å²) in [6.07, 6.45) is 2.75. The number of hydrogen-bond acceptors (Lipinski definition) is 1. The van der Waals surface area contributed by atoms with Crippen molar-refractivity contribution < 1.29 is 0 Å². The fourth-order valence-corrected chi connectivity index (χ4v) is 3.70. The van der Waals surface area contributed by atoms with Crippen LogP contribution in [0.2, 0.25) is 5.02 Å². The third-order valence-electron chi connectivity index (χ3n) is 3.62. The molecule has 0 bridgehead atoms. The van der Waals surface area contributed by atoms with Crippen molar-refractivity contribution in [3.8, 4) is 0 Å². The van der Waals surface area contributed by atoms with Gasteiger partial charge in [0.05, 0.1) is 15.9 Å². The summed E-state index contributed by atoms with van der Waals surface area (Å²) in [4.78, 5) is 0. The Hall–Kier alpha value is -0.510. The lowest BCUT2D eigenvalue weighted by molar-refractivity contribution is 0.550. The van der Waals surface area contributed by atoms with Crippen molar-refractivity contribution in [1.29, 1.82) is 0 Å². The lowest BCUT2D eigenvalue weighted by Gasteiger charge is -2.15. The number of alkyl halides is 1. The van der Waals surface area contributed by atoms with Crippen LogP contribution in [0.15, 0.2) is 28.7 Å². The van der Waals surface area contributed by atoms with Crippen molar-refractivity contribution in [3.05, 3.63) is 50.7 Å². The van der Waals surface area contributed by atoms with Gasteiger partial charge in [-0.25, -0.2) is 0 Å². The first-order valence-electron chi connectivity index (χ1n) is 7.05. The first-order chi connectivity index (χ1) is 10.0. The van der Waals surface area contributed by atoms with Gasteiger partial charge in [-0.1, -0.05) is 30.7 Å². The molecular weight excluding hydrogens is 371 g/mol. The molecule has 1 aromatic heterocycles. The third kappa shape index (κ3) is 4.24. The Morgan fingerprint density at radius 3 is 2.67 bits per heavy atom. The summed E-state index contributed by atoms with van der Waals surface area (Å²) in [5.41, 5.74) is 3.53. The highest BCUT2D eigenvalue weighted by atomic mass is 79.9. The Balaban J connectivity index is 2.14. The summed E-state index contributed by atoms with van der Waals surface area (Å²) in [6.45, 7) is 2.11. The van der Waals surface area contributed by atoms with E-state index < -0.39 is 0 Å². The Bertz CT molecular complexity index is 610. The highest BCUT2D eigenvalue weighted by Gasteiger charge is 2.17. The van der Waals surface area contributed by atoms with Crippen molar-refractivity contribution in [2.45, 2.75) is 26.2 Å². The molecule has 5 heteroatoms. The van der Waals surface area contributed by atoms with Crippen molar-refractivity contribution in [2.75, 3.05) is 5.88 Å². The molecule has 1 atom stereocenters. The number of hydrogen-bond donors (Lipinski definition) is 0. The van der Waals surface area contributed by atoms with E-state index in [-0.39, 0.29) is 0 Å². The zero-order valence-corrected chi connectivity index (χ0v) is 15.3. The van der Waals surface area contributed by atoms with Crippen LogP contribution >= 0.6 is 39.1 Å². The predicted octanol–water partition coefficient (Wildman–Crippen LogP) is 5.04. The van der Waals surface area contributed by atoms with E-state index in [0.717, 1.165) is 34.5 Å². The van der Waals surface area contributed by atoms with E-state index >= 15 is 0 Å². The number of rotatable bonds is 6. The normalized spacial score (nSPS) is 12.6. The maximum absolute atomic E-state index is 6.17. The molecule has 1 unspecified atom stereocenters. The van der Waals surface area contributed by atoms with E-state index in [2.05, 4.69) is 34.0 Å². The van der Waals surface area contributed by atoms with Crippen LogP contribution < -0.4 is 0 Å². The summed E-state index contributed by atoms with van der Waals surface area (Å²) in [5.74, 6) is 0.979. The van der Waals surface area contributed by atoms with Crippen molar-refractivity contribution in [3.63, 3.8) is 0 Å². The Morgan fingerprint density at radius 2 is 2.10 bits per heavy atom. The molecule has 21 heavy (non-hydrogen) atoms. The number of nitrogens with zero attached hydrogens (tertiary/aromatic N) is 2. The molecule has 1 heterocycles. The van der Waals surface area contributed by atoms with Crippen LogP contribution in [-0.4, -0.2) is 15.7 Å². The molecule has 0 saturated carbocycles. The average Bonchev–Trinajstić information content (AvgIpc) is 2.73. The minimum absolute atomic E-state index is 0.363. The summed E-state index contributed by atoms with van der Waals surface area (Å²) in [6, 6.07) is 7.99. The summed E-state index contributed by atoms with van der Waals surface area (Å²) >= 11 is 15.9. The van der Waals surface area contributed by atoms with Gasteiger partial charge in [0.15, 0.2) is 0 Å². The molecule has 0 aliphatic carbocycles. The van der Waals surface area contributed by atoms with Gasteiger partial charge in [0.2, 0.25) is 0 Å². The van der Waals surface area contributed by atoms with Crippen LogP contribution in [-0.2, 0) is 26.3 Å². The van der Waals surface area contributed by atoms with E-state index in [1.807, 2.05) is 29.9 Å². The zero-order valence-electron chi connectivity index (χ0n) is 12.2. The van der Waals surface area contributed by atoms with Crippen LogP contribution in [0.1, 0.15) is 23.9 Å².